The zero-order valence-electron chi connectivity index (χ0n) is 8.17. The van der Waals surface area contributed by atoms with Gasteiger partial charge in [0, 0.05) is 24.0 Å². The lowest BCUT2D eigenvalue weighted by Gasteiger charge is -2.04. The molecule has 2 N–H and O–H groups in total. The topological polar surface area (TPSA) is 69.6 Å². The standard InChI is InChI=1S/C10H11N5/c11-8-3-7(4-12-5-8)10-14-13-6-15(10)9-1-2-9/h3-6,9H,1-2,11H2. The summed E-state index contributed by atoms with van der Waals surface area (Å²) in [6, 6.07) is 2.44. The van der Waals surface area contributed by atoms with Crippen molar-refractivity contribution in [1.82, 2.24) is 19.7 Å². The minimum absolute atomic E-state index is 0.566. The third-order valence-electron chi connectivity index (χ3n) is 2.53. The second kappa shape index (κ2) is 3.05. The van der Waals surface area contributed by atoms with Gasteiger partial charge in [0.05, 0.1) is 5.69 Å². The van der Waals surface area contributed by atoms with Crippen LogP contribution >= 0.6 is 0 Å². The van der Waals surface area contributed by atoms with Gasteiger partial charge in [-0.05, 0) is 18.9 Å². The normalized spacial score (nSPS) is 15.5. The average molecular weight is 201 g/mol. The van der Waals surface area contributed by atoms with E-state index in [1.165, 1.54) is 12.8 Å². The molecule has 5 nitrogen and oxygen atoms in total. The van der Waals surface area contributed by atoms with Crippen LogP contribution in [0.15, 0.2) is 24.8 Å². The maximum atomic E-state index is 5.69. The summed E-state index contributed by atoms with van der Waals surface area (Å²) in [5, 5.41) is 8.04. The van der Waals surface area contributed by atoms with Crippen LogP contribution in [0.4, 0.5) is 5.69 Å². The van der Waals surface area contributed by atoms with Crippen LogP contribution in [0.25, 0.3) is 11.4 Å². The third kappa shape index (κ3) is 1.45. The SMILES string of the molecule is Nc1cncc(-c2nncn2C2CC2)c1. The van der Waals surface area contributed by atoms with Crippen molar-refractivity contribution in [3.8, 4) is 11.4 Å². The van der Waals surface area contributed by atoms with Crippen molar-refractivity contribution < 1.29 is 0 Å². The van der Waals surface area contributed by atoms with E-state index in [4.69, 9.17) is 5.73 Å². The highest BCUT2D eigenvalue weighted by molar-refractivity contribution is 5.59. The Balaban J connectivity index is 2.07. The summed E-state index contributed by atoms with van der Waals surface area (Å²) < 4.78 is 2.09. The molecule has 0 aromatic carbocycles. The van der Waals surface area contributed by atoms with E-state index < -0.39 is 0 Å². The lowest BCUT2D eigenvalue weighted by molar-refractivity contribution is 0.746. The summed E-state index contributed by atoms with van der Waals surface area (Å²) in [5.41, 5.74) is 7.27. The molecule has 0 bridgehead atoms. The lowest BCUT2D eigenvalue weighted by atomic mass is 10.2. The minimum Gasteiger partial charge on any atom is -0.397 e. The van der Waals surface area contributed by atoms with Gasteiger partial charge in [-0.2, -0.15) is 0 Å². The smallest absolute Gasteiger partial charge is 0.165 e. The Morgan fingerprint density at radius 2 is 2.20 bits per heavy atom. The number of nitrogens with zero attached hydrogens (tertiary/aromatic N) is 4. The van der Waals surface area contributed by atoms with Crippen LogP contribution in [0.1, 0.15) is 18.9 Å². The van der Waals surface area contributed by atoms with Gasteiger partial charge in [-0.1, -0.05) is 0 Å². The molecule has 2 aromatic rings. The first kappa shape index (κ1) is 8.40. The van der Waals surface area contributed by atoms with Crippen LogP contribution < -0.4 is 5.73 Å². The molecule has 2 heterocycles. The van der Waals surface area contributed by atoms with Crippen molar-refractivity contribution >= 4 is 5.69 Å². The zero-order chi connectivity index (χ0) is 10.3. The molecule has 0 atom stereocenters. The number of aromatic nitrogens is 4. The van der Waals surface area contributed by atoms with Crippen molar-refractivity contribution in [2.24, 2.45) is 0 Å². The number of anilines is 1. The summed E-state index contributed by atoms with van der Waals surface area (Å²) >= 11 is 0. The molecule has 1 saturated carbocycles. The zero-order valence-corrected chi connectivity index (χ0v) is 8.17. The Morgan fingerprint density at radius 1 is 1.33 bits per heavy atom. The van der Waals surface area contributed by atoms with Gasteiger partial charge < -0.3 is 10.3 Å². The fraction of sp³-hybridized carbons (Fsp3) is 0.300. The van der Waals surface area contributed by atoms with Crippen LogP contribution in [0.3, 0.4) is 0 Å². The Labute approximate surface area is 87.0 Å². The predicted octanol–water partition coefficient (Wildman–Crippen LogP) is 1.26. The highest BCUT2D eigenvalue weighted by Gasteiger charge is 2.26. The number of rotatable bonds is 2. The van der Waals surface area contributed by atoms with E-state index in [2.05, 4.69) is 19.7 Å². The monoisotopic (exact) mass is 201 g/mol. The van der Waals surface area contributed by atoms with Gasteiger partial charge in [0.15, 0.2) is 5.82 Å². The van der Waals surface area contributed by atoms with Crippen LogP contribution in [-0.2, 0) is 0 Å². The van der Waals surface area contributed by atoms with Crippen molar-refractivity contribution in [3.63, 3.8) is 0 Å². The van der Waals surface area contributed by atoms with Gasteiger partial charge in [0.25, 0.3) is 0 Å². The van der Waals surface area contributed by atoms with Gasteiger partial charge in [0.2, 0.25) is 0 Å². The van der Waals surface area contributed by atoms with E-state index >= 15 is 0 Å². The summed E-state index contributed by atoms with van der Waals surface area (Å²) in [7, 11) is 0. The Morgan fingerprint density at radius 3 is 2.93 bits per heavy atom. The Hall–Kier alpha value is -1.91. The largest absolute Gasteiger partial charge is 0.397 e. The maximum Gasteiger partial charge on any atom is 0.165 e. The molecular formula is C10H11N5. The minimum atomic E-state index is 0.566. The molecule has 0 unspecified atom stereocenters. The van der Waals surface area contributed by atoms with Gasteiger partial charge in [-0.25, -0.2) is 0 Å². The highest BCUT2D eigenvalue weighted by atomic mass is 15.3. The van der Waals surface area contributed by atoms with Crippen molar-refractivity contribution in [1.29, 1.82) is 0 Å². The van der Waals surface area contributed by atoms with E-state index in [-0.39, 0.29) is 0 Å². The number of hydrogen-bond acceptors (Lipinski definition) is 4. The molecular weight excluding hydrogens is 190 g/mol. The second-order valence-electron chi connectivity index (χ2n) is 3.80. The van der Waals surface area contributed by atoms with Gasteiger partial charge in [-0.3, -0.25) is 4.98 Å². The third-order valence-corrected chi connectivity index (χ3v) is 2.53. The molecule has 1 aliphatic rings. The van der Waals surface area contributed by atoms with Crippen molar-refractivity contribution in [2.45, 2.75) is 18.9 Å². The van der Waals surface area contributed by atoms with Crippen LogP contribution in [0.2, 0.25) is 0 Å². The Bertz CT molecular complexity index is 486. The maximum absolute atomic E-state index is 5.69. The highest BCUT2D eigenvalue weighted by Crippen LogP contribution is 2.37. The summed E-state index contributed by atoms with van der Waals surface area (Å²) in [6.45, 7) is 0. The van der Waals surface area contributed by atoms with E-state index in [0.717, 1.165) is 11.4 Å². The van der Waals surface area contributed by atoms with Crippen molar-refractivity contribution in [2.75, 3.05) is 5.73 Å². The fourth-order valence-corrected chi connectivity index (χ4v) is 1.65. The molecule has 0 radical (unpaired) electrons. The summed E-state index contributed by atoms with van der Waals surface area (Å²) in [4.78, 5) is 4.05. The molecule has 76 valence electrons. The molecule has 0 spiro atoms. The first-order valence-electron chi connectivity index (χ1n) is 4.95. The summed E-state index contributed by atoms with van der Waals surface area (Å²) in [6.07, 6.45) is 7.58. The molecule has 0 saturated heterocycles. The van der Waals surface area contributed by atoms with E-state index in [0.29, 0.717) is 11.7 Å². The van der Waals surface area contributed by atoms with Crippen LogP contribution in [-0.4, -0.2) is 19.7 Å². The van der Waals surface area contributed by atoms with Gasteiger partial charge in [-0.15, -0.1) is 10.2 Å². The number of pyridine rings is 1. The fourth-order valence-electron chi connectivity index (χ4n) is 1.65. The van der Waals surface area contributed by atoms with Crippen molar-refractivity contribution in [3.05, 3.63) is 24.8 Å². The quantitative estimate of drug-likeness (QED) is 0.794. The van der Waals surface area contributed by atoms with E-state index in [1.54, 1.807) is 18.7 Å². The first-order valence-corrected chi connectivity index (χ1v) is 4.95. The number of nitrogens with two attached hydrogens (primary N) is 1. The van der Waals surface area contributed by atoms with Crippen LogP contribution in [0, 0.1) is 0 Å². The second-order valence-corrected chi connectivity index (χ2v) is 3.80. The predicted molar refractivity (Wildman–Crippen MR) is 55.9 cm³/mol. The number of hydrogen-bond donors (Lipinski definition) is 1. The van der Waals surface area contributed by atoms with E-state index in [1.807, 2.05) is 6.07 Å². The molecule has 0 amide bonds. The lowest BCUT2D eigenvalue weighted by Crippen LogP contribution is -1.97. The molecule has 1 aliphatic carbocycles. The molecule has 1 fully saturated rings. The first-order chi connectivity index (χ1) is 7.34. The molecule has 3 rings (SSSR count). The molecule has 5 heteroatoms. The van der Waals surface area contributed by atoms with Gasteiger partial charge in [0.1, 0.15) is 6.33 Å². The molecule has 2 aromatic heterocycles. The molecule has 0 aliphatic heterocycles. The molecule has 15 heavy (non-hydrogen) atoms. The average Bonchev–Trinajstić information content (AvgIpc) is 2.96. The summed E-state index contributed by atoms with van der Waals surface area (Å²) in [5.74, 6) is 0.859. The van der Waals surface area contributed by atoms with E-state index in [9.17, 15) is 0 Å². The van der Waals surface area contributed by atoms with Crippen LogP contribution in [0.5, 0.6) is 0 Å². The number of nitrogen functional groups attached to an aromatic ring is 1. The van der Waals surface area contributed by atoms with Gasteiger partial charge >= 0.3 is 0 Å². The Kier molecular flexibility index (Phi) is 1.71.